The van der Waals surface area contributed by atoms with Crippen LogP contribution in [0.4, 0.5) is 0 Å². The van der Waals surface area contributed by atoms with E-state index < -0.39 is 0 Å². The Balaban J connectivity index is 0. The van der Waals surface area contributed by atoms with Crippen LogP contribution in [0.1, 0.15) is 6.92 Å². The van der Waals surface area contributed by atoms with Gasteiger partial charge in [0.25, 0.3) is 0 Å². The number of hydrogen-bond acceptors (Lipinski definition) is 1. The Kier molecular flexibility index (Phi) is 13.5. The zero-order valence-electron chi connectivity index (χ0n) is 6.15. The van der Waals surface area contributed by atoms with Gasteiger partial charge in [-0.25, -0.2) is 0 Å². The molecule has 0 fully saturated rings. The van der Waals surface area contributed by atoms with Crippen LogP contribution < -0.4 is 0 Å². The summed E-state index contributed by atoms with van der Waals surface area (Å²) in [5, 5.41) is 0. The minimum Gasteiger partial charge on any atom is -0.312 e. The van der Waals surface area contributed by atoms with E-state index in [2.05, 4.69) is 14.8 Å². The van der Waals surface area contributed by atoms with E-state index in [1.807, 2.05) is 26.0 Å². The highest BCUT2D eigenvalue weighted by atomic mass is 15.0. The summed E-state index contributed by atoms with van der Waals surface area (Å²) in [6.07, 6.45) is 1.25. The molecule has 0 aliphatic heterocycles. The second-order valence-corrected chi connectivity index (χ2v) is 2.05. The molecule has 0 N–H and O–H groups in total. The lowest BCUT2D eigenvalue weighted by atomic mass is 10.1. The van der Waals surface area contributed by atoms with Gasteiger partial charge in [0.2, 0.25) is 0 Å². The van der Waals surface area contributed by atoms with Crippen molar-refractivity contribution >= 4 is 7.85 Å². The van der Waals surface area contributed by atoms with Crippen LogP contribution in [-0.2, 0) is 0 Å². The quantitative estimate of drug-likeness (QED) is 0.395. The fraction of sp³-hybridized carbons (Fsp3) is 1.00. The van der Waals surface area contributed by atoms with Crippen molar-refractivity contribution < 1.29 is 0 Å². The molecule has 0 aromatic carbocycles. The summed E-state index contributed by atoms with van der Waals surface area (Å²) in [6.45, 7) is 2.12. The van der Waals surface area contributed by atoms with Crippen LogP contribution >= 0.6 is 0 Å². The highest BCUT2D eigenvalue weighted by Gasteiger charge is 1.58. The maximum atomic E-state index is 2.12. The van der Waals surface area contributed by atoms with E-state index in [4.69, 9.17) is 0 Å². The molecule has 0 heterocycles. The molecule has 0 aromatic heterocycles. The van der Waals surface area contributed by atoms with Crippen molar-refractivity contribution in [1.82, 2.24) is 4.90 Å². The first kappa shape index (κ1) is 10.1. The summed E-state index contributed by atoms with van der Waals surface area (Å²) in [7, 11) is 8.12. The summed E-state index contributed by atoms with van der Waals surface area (Å²) in [6, 6.07) is 0. The molecule has 0 saturated heterocycles. The fourth-order valence-electron chi connectivity index (χ4n) is 0. The maximum Gasteiger partial charge on any atom is 0.101 e. The van der Waals surface area contributed by atoms with Gasteiger partial charge in [0, 0.05) is 0 Å². The zero-order valence-corrected chi connectivity index (χ0v) is 6.15. The monoisotopic (exact) mass is 101 g/mol. The van der Waals surface area contributed by atoms with Crippen molar-refractivity contribution in [3.05, 3.63) is 0 Å². The van der Waals surface area contributed by atoms with Crippen molar-refractivity contribution in [2.24, 2.45) is 0 Å². The van der Waals surface area contributed by atoms with Crippen LogP contribution in [-0.4, -0.2) is 33.9 Å². The average molecular weight is 101 g/mol. The second-order valence-electron chi connectivity index (χ2n) is 2.05. The normalized spacial score (nSPS) is 7.57. The molecule has 0 rings (SSSR count). The molecular weight excluding hydrogens is 84.9 g/mol. The van der Waals surface area contributed by atoms with Crippen molar-refractivity contribution in [2.75, 3.05) is 21.1 Å². The Labute approximate surface area is 48.1 Å². The lowest BCUT2D eigenvalue weighted by molar-refractivity contribution is 0.505. The zero-order chi connectivity index (χ0) is 6.28. The Morgan fingerprint density at radius 3 is 1.29 bits per heavy atom. The van der Waals surface area contributed by atoms with E-state index in [0.29, 0.717) is 0 Å². The highest BCUT2D eigenvalue weighted by molar-refractivity contribution is 6.08. The molecule has 0 amide bonds. The molecular formula is C5H16BN. The summed E-state index contributed by atoms with van der Waals surface area (Å²) in [4.78, 5) is 2.00. The summed E-state index contributed by atoms with van der Waals surface area (Å²) < 4.78 is 0. The molecule has 44 valence electrons. The molecule has 0 spiro atoms. The van der Waals surface area contributed by atoms with Gasteiger partial charge in [-0.05, 0) is 21.1 Å². The van der Waals surface area contributed by atoms with E-state index >= 15 is 0 Å². The van der Waals surface area contributed by atoms with Crippen LogP contribution in [0, 0.1) is 0 Å². The van der Waals surface area contributed by atoms with Crippen LogP contribution in [0.25, 0.3) is 0 Å². The molecule has 7 heavy (non-hydrogen) atoms. The van der Waals surface area contributed by atoms with E-state index in [1.54, 1.807) is 0 Å². The molecule has 0 radical (unpaired) electrons. The van der Waals surface area contributed by atoms with Gasteiger partial charge in [0.1, 0.15) is 7.85 Å². The minimum atomic E-state index is 1.25. The van der Waals surface area contributed by atoms with Gasteiger partial charge in [-0.3, -0.25) is 0 Å². The van der Waals surface area contributed by atoms with E-state index in [-0.39, 0.29) is 0 Å². The first-order valence-corrected chi connectivity index (χ1v) is 2.76. The number of hydrogen-bond donors (Lipinski definition) is 0. The van der Waals surface area contributed by atoms with Gasteiger partial charge in [-0.1, -0.05) is 13.2 Å². The predicted octanol–water partition coefficient (Wildman–Crippen LogP) is 0.235. The lowest BCUT2D eigenvalue weighted by Gasteiger charge is -1.90. The van der Waals surface area contributed by atoms with Gasteiger partial charge >= 0.3 is 0 Å². The van der Waals surface area contributed by atoms with Gasteiger partial charge in [0.05, 0.1) is 0 Å². The predicted molar refractivity (Wildman–Crippen MR) is 38.6 cm³/mol. The molecule has 0 bridgehead atoms. The third-order valence-electron chi connectivity index (χ3n) is 0. The van der Waals surface area contributed by atoms with E-state index in [9.17, 15) is 0 Å². The highest BCUT2D eigenvalue weighted by Crippen LogP contribution is 1.49. The molecule has 0 aliphatic rings. The maximum absolute atomic E-state index is 2.12. The Morgan fingerprint density at radius 2 is 1.29 bits per heavy atom. The summed E-state index contributed by atoms with van der Waals surface area (Å²) >= 11 is 0. The summed E-state index contributed by atoms with van der Waals surface area (Å²) in [5.41, 5.74) is 0. The second kappa shape index (κ2) is 9.39. The first-order chi connectivity index (χ1) is 3.15. The minimum absolute atomic E-state index is 1.25. The van der Waals surface area contributed by atoms with Crippen LogP contribution in [0.3, 0.4) is 0 Å². The molecule has 2 heteroatoms. The van der Waals surface area contributed by atoms with E-state index in [0.717, 1.165) is 0 Å². The first-order valence-electron chi connectivity index (χ1n) is 2.76. The SMILES string of the molecule is BCC.CN(C)C. The van der Waals surface area contributed by atoms with Gasteiger partial charge < -0.3 is 4.90 Å². The van der Waals surface area contributed by atoms with Gasteiger partial charge in [0.15, 0.2) is 0 Å². The third kappa shape index (κ3) is 157000. The van der Waals surface area contributed by atoms with Crippen molar-refractivity contribution in [2.45, 2.75) is 13.2 Å². The molecule has 0 aliphatic carbocycles. The molecule has 0 saturated carbocycles. The topological polar surface area (TPSA) is 3.24 Å². The Morgan fingerprint density at radius 1 is 1.29 bits per heavy atom. The Bertz CT molecular complexity index is 19.3. The van der Waals surface area contributed by atoms with Crippen molar-refractivity contribution in [3.63, 3.8) is 0 Å². The lowest BCUT2D eigenvalue weighted by Crippen LogP contribution is -1.99. The van der Waals surface area contributed by atoms with Crippen molar-refractivity contribution in [1.29, 1.82) is 0 Å². The molecule has 1 nitrogen and oxygen atoms in total. The third-order valence-corrected chi connectivity index (χ3v) is 0. The molecule has 0 atom stereocenters. The Hall–Kier alpha value is 0.0249. The fourth-order valence-corrected chi connectivity index (χ4v) is 0. The van der Waals surface area contributed by atoms with Crippen molar-refractivity contribution in [3.8, 4) is 0 Å². The van der Waals surface area contributed by atoms with Gasteiger partial charge in [-0.2, -0.15) is 0 Å². The molecule has 0 aromatic rings. The largest absolute Gasteiger partial charge is 0.312 e. The van der Waals surface area contributed by atoms with Crippen LogP contribution in [0.5, 0.6) is 0 Å². The van der Waals surface area contributed by atoms with Crippen LogP contribution in [0.15, 0.2) is 0 Å². The number of rotatable bonds is 0. The number of nitrogens with zero attached hydrogens (tertiary/aromatic N) is 1. The van der Waals surface area contributed by atoms with Crippen LogP contribution in [0.2, 0.25) is 6.32 Å². The smallest absolute Gasteiger partial charge is 0.101 e. The molecule has 0 unspecified atom stereocenters. The van der Waals surface area contributed by atoms with E-state index in [1.165, 1.54) is 6.32 Å². The average Bonchev–Trinajstić information content (AvgIpc) is 1.33. The van der Waals surface area contributed by atoms with Gasteiger partial charge in [-0.15, -0.1) is 0 Å². The standard InChI is InChI=1S/C3H9N.C2H7B/c1-4(2)3;1-2-3/h1-3H3;2-3H2,1H3. The summed E-state index contributed by atoms with van der Waals surface area (Å²) in [5.74, 6) is 0.